The molecule has 0 bridgehead atoms. The highest BCUT2D eigenvalue weighted by Crippen LogP contribution is 2.26. The van der Waals surface area contributed by atoms with Gasteiger partial charge in [-0.15, -0.1) is 0 Å². The molecule has 0 unspecified atom stereocenters. The van der Waals surface area contributed by atoms with E-state index in [1.165, 1.54) is 11.6 Å². The van der Waals surface area contributed by atoms with Gasteiger partial charge in [-0.1, -0.05) is 61.3 Å². The number of rotatable bonds is 4. The molecule has 0 fully saturated rings. The molecule has 0 aromatic heterocycles. The zero-order valence-electron chi connectivity index (χ0n) is 13.3. The monoisotopic (exact) mass is 358 g/mol. The predicted molar refractivity (Wildman–Crippen MR) is 99.2 cm³/mol. The largest absolute Gasteiger partial charge is 0.320 e. The molecule has 0 heterocycles. The van der Waals surface area contributed by atoms with E-state index in [0.29, 0.717) is 21.7 Å². The van der Waals surface area contributed by atoms with Gasteiger partial charge in [-0.05, 0) is 41.3 Å². The number of nitriles is 1. The van der Waals surface area contributed by atoms with E-state index in [-0.39, 0.29) is 5.57 Å². The van der Waals surface area contributed by atoms with Crippen LogP contribution in [-0.4, -0.2) is 5.91 Å². The second kappa shape index (κ2) is 8.01. The summed E-state index contributed by atoms with van der Waals surface area (Å²) in [6, 6.07) is 14.4. The van der Waals surface area contributed by atoms with E-state index in [0.717, 1.165) is 5.56 Å². The van der Waals surface area contributed by atoms with Gasteiger partial charge in [0.05, 0.1) is 10.7 Å². The number of benzene rings is 2. The molecule has 122 valence electrons. The quantitative estimate of drug-likeness (QED) is 0.565. The van der Waals surface area contributed by atoms with Crippen LogP contribution in [-0.2, 0) is 4.79 Å². The van der Waals surface area contributed by atoms with E-state index < -0.39 is 5.91 Å². The van der Waals surface area contributed by atoms with Crippen LogP contribution in [0.3, 0.4) is 0 Å². The van der Waals surface area contributed by atoms with E-state index in [1.807, 2.05) is 30.3 Å². The number of anilines is 1. The van der Waals surface area contributed by atoms with E-state index in [1.54, 1.807) is 18.2 Å². The lowest BCUT2D eigenvalue weighted by atomic mass is 10.0. The Kier molecular flexibility index (Phi) is 6.03. The summed E-state index contributed by atoms with van der Waals surface area (Å²) in [5, 5.41) is 12.7. The molecule has 0 aliphatic rings. The van der Waals surface area contributed by atoms with Gasteiger partial charge in [-0.3, -0.25) is 4.79 Å². The lowest BCUT2D eigenvalue weighted by Crippen LogP contribution is -2.13. The molecule has 0 atom stereocenters. The van der Waals surface area contributed by atoms with Crippen LogP contribution in [0, 0.1) is 11.3 Å². The number of halogens is 2. The molecule has 5 heteroatoms. The third kappa shape index (κ3) is 4.61. The Bertz CT molecular complexity index is 818. The smallest absolute Gasteiger partial charge is 0.266 e. The Balaban J connectivity index is 2.20. The molecule has 0 aliphatic heterocycles. The van der Waals surface area contributed by atoms with E-state index in [4.69, 9.17) is 23.2 Å². The number of hydrogen-bond donors (Lipinski definition) is 1. The van der Waals surface area contributed by atoms with Crippen molar-refractivity contribution in [3.05, 3.63) is 69.2 Å². The SMILES string of the molecule is CC(C)c1ccc(C=C(C#N)C(=O)Nc2ccc(Cl)cc2Cl)cc1. The van der Waals surface area contributed by atoms with Crippen molar-refractivity contribution >= 4 is 40.9 Å². The summed E-state index contributed by atoms with van der Waals surface area (Å²) in [5.41, 5.74) is 2.39. The number of carbonyl (C=O) groups excluding carboxylic acids is 1. The van der Waals surface area contributed by atoms with Crippen molar-refractivity contribution in [3.63, 3.8) is 0 Å². The van der Waals surface area contributed by atoms with Crippen LogP contribution in [0.25, 0.3) is 6.08 Å². The molecule has 1 N–H and O–H groups in total. The first-order chi connectivity index (χ1) is 11.4. The fourth-order valence-corrected chi connectivity index (χ4v) is 2.53. The molecule has 0 spiro atoms. The van der Waals surface area contributed by atoms with E-state index >= 15 is 0 Å². The first-order valence-corrected chi connectivity index (χ1v) is 8.14. The Morgan fingerprint density at radius 1 is 1.17 bits per heavy atom. The van der Waals surface area contributed by atoms with Crippen LogP contribution in [0.4, 0.5) is 5.69 Å². The average Bonchev–Trinajstić information content (AvgIpc) is 2.55. The van der Waals surface area contributed by atoms with Crippen molar-refractivity contribution in [2.24, 2.45) is 0 Å². The molecule has 2 aromatic rings. The van der Waals surface area contributed by atoms with Gasteiger partial charge in [0.15, 0.2) is 0 Å². The summed E-state index contributed by atoms with van der Waals surface area (Å²) in [4.78, 5) is 12.3. The zero-order valence-corrected chi connectivity index (χ0v) is 14.8. The Labute approximate surface area is 151 Å². The van der Waals surface area contributed by atoms with Gasteiger partial charge in [0.2, 0.25) is 0 Å². The van der Waals surface area contributed by atoms with Gasteiger partial charge in [-0.25, -0.2) is 0 Å². The van der Waals surface area contributed by atoms with Crippen LogP contribution in [0.2, 0.25) is 10.0 Å². The number of nitrogens with zero attached hydrogens (tertiary/aromatic N) is 1. The lowest BCUT2D eigenvalue weighted by molar-refractivity contribution is -0.112. The van der Waals surface area contributed by atoms with E-state index in [2.05, 4.69) is 19.2 Å². The fourth-order valence-electron chi connectivity index (χ4n) is 2.07. The van der Waals surface area contributed by atoms with Crippen LogP contribution >= 0.6 is 23.2 Å². The molecule has 0 radical (unpaired) electrons. The highest BCUT2D eigenvalue weighted by molar-refractivity contribution is 6.36. The fraction of sp³-hybridized carbons (Fsp3) is 0.158. The maximum Gasteiger partial charge on any atom is 0.266 e. The maximum atomic E-state index is 12.3. The summed E-state index contributed by atoms with van der Waals surface area (Å²) in [6.45, 7) is 4.21. The average molecular weight is 359 g/mol. The molecular weight excluding hydrogens is 343 g/mol. The van der Waals surface area contributed by atoms with Gasteiger partial charge >= 0.3 is 0 Å². The third-order valence-electron chi connectivity index (χ3n) is 3.46. The van der Waals surface area contributed by atoms with Gasteiger partial charge < -0.3 is 5.32 Å². The standard InChI is InChI=1S/C19H16Cl2N2O/c1-12(2)14-5-3-13(4-6-14)9-15(11-22)19(24)23-18-8-7-16(20)10-17(18)21/h3-10,12H,1-2H3,(H,23,24). The van der Waals surface area contributed by atoms with Crippen molar-refractivity contribution < 1.29 is 4.79 Å². The number of carbonyl (C=O) groups is 1. The topological polar surface area (TPSA) is 52.9 Å². The van der Waals surface area contributed by atoms with Crippen molar-refractivity contribution in [1.82, 2.24) is 0 Å². The number of hydrogen-bond acceptors (Lipinski definition) is 2. The lowest BCUT2D eigenvalue weighted by Gasteiger charge is -2.07. The van der Waals surface area contributed by atoms with E-state index in [9.17, 15) is 10.1 Å². The molecule has 2 rings (SSSR count). The van der Waals surface area contributed by atoms with Crippen LogP contribution in [0.5, 0.6) is 0 Å². The minimum absolute atomic E-state index is 0.00156. The minimum atomic E-state index is -0.519. The van der Waals surface area contributed by atoms with Gasteiger partial charge in [0.1, 0.15) is 11.6 Å². The second-order valence-corrected chi connectivity index (χ2v) is 6.41. The normalized spacial score (nSPS) is 11.2. The highest BCUT2D eigenvalue weighted by Gasteiger charge is 2.12. The molecule has 0 saturated carbocycles. The zero-order chi connectivity index (χ0) is 17.7. The number of nitrogens with one attached hydrogen (secondary N) is 1. The molecule has 3 nitrogen and oxygen atoms in total. The van der Waals surface area contributed by atoms with Gasteiger partial charge in [-0.2, -0.15) is 5.26 Å². The highest BCUT2D eigenvalue weighted by atomic mass is 35.5. The third-order valence-corrected chi connectivity index (χ3v) is 4.01. The van der Waals surface area contributed by atoms with Gasteiger partial charge in [0, 0.05) is 5.02 Å². The van der Waals surface area contributed by atoms with Crippen molar-refractivity contribution in [1.29, 1.82) is 5.26 Å². The Morgan fingerprint density at radius 3 is 2.38 bits per heavy atom. The van der Waals surface area contributed by atoms with Crippen LogP contribution in [0.1, 0.15) is 30.9 Å². The maximum absolute atomic E-state index is 12.3. The summed E-state index contributed by atoms with van der Waals surface area (Å²) in [7, 11) is 0. The minimum Gasteiger partial charge on any atom is -0.320 e. The molecule has 1 amide bonds. The molecular formula is C19H16Cl2N2O. The second-order valence-electron chi connectivity index (χ2n) is 5.57. The predicted octanol–water partition coefficient (Wildman–Crippen LogP) is 5.66. The summed E-state index contributed by atoms with van der Waals surface area (Å²) in [6.07, 6.45) is 1.54. The molecule has 0 aliphatic carbocycles. The Hall–Kier alpha value is -2.28. The van der Waals surface area contributed by atoms with Gasteiger partial charge in [0.25, 0.3) is 5.91 Å². The van der Waals surface area contributed by atoms with Crippen molar-refractivity contribution in [3.8, 4) is 6.07 Å². The van der Waals surface area contributed by atoms with Crippen LogP contribution < -0.4 is 5.32 Å². The summed E-state index contributed by atoms with van der Waals surface area (Å²) >= 11 is 11.9. The summed E-state index contributed by atoms with van der Waals surface area (Å²) < 4.78 is 0. The van der Waals surface area contributed by atoms with Crippen LogP contribution in [0.15, 0.2) is 48.0 Å². The van der Waals surface area contributed by atoms with Crippen molar-refractivity contribution in [2.45, 2.75) is 19.8 Å². The molecule has 2 aromatic carbocycles. The summed E-state index contributed by atoms with van der Waals surface area (Å²) in [5.74, 6) is -0.0940. The Morgan fingerprint density at radius 2 is 1.83 bits per heavy atom. The van der Waals surface area contributed by atoms with Crippen molar-refractivity contribution in [2.75, 3.05) is 5.32 Å². The number of amides is 1. The molecule has 0 saturated heterocycles. The first kappa shape index (κ1) is 18.1. The molecule has 24 heavy (non-hydrogen) atoms. The first-order valence-electron chi connectivity index (χ1n) is 7.39.